The Morgan fingerprint density at radius 2 is 1.90 bits per heavy atom. The van der Waals surface area contributed by atoms with Gasteiger partial charge in [0.15, 0.2) is 0 Å². The lowest BCUT2D eigenvalue weighted by Crippen LogP contribution is -2.58. The van der Waals surface area contributed by atoms with Crippen LogP contribution in [0.2, 0.25) is 0 Å². The molecule has 3 fully saturated rings. The number of hydrogen-bond acceptors (Lipinski definition) is 4. The van der Waals surface area contributed by atoms with Crippen LogP contribution in [0, 0.1) is 0 Å². The summed E-state index contributed by atoms with van der Waals surface area (Å²) in [5, 5.41) is 0. The van der Waals surface area contributed by atoms with Crippen molar-refractivity contribution in [3.8, 4) is 0 Å². The molecular weight excluding hydrogens is 250 g/mol. The van der Waals surface area contributed by atoms with Crippen molar-refractivity contribution < 1.29 is 4.74 Å². The maximum Gasteiger partial charge on any atom is 0.0599 e. The van der Waals surface area contributed by atoms with E-state index in [9.17, 15) is 0 Å². The summed E-state index contributed by atoms with van der Waals surface area (Å²) in [7, 11) is 0. The molecule has 2 heterocycles. The largest absolute Gasteiger partial charge is 0.378 e. The van der Waals surface area contributed by atoms with E-state index in [2.05, 4.69) is 23.6 Å². The van der Waals surface area contributed by atoms with Gasteiger partial charge in [0, 0.05) is 50.4 Å². The predicted octanol–water partition coefficient (Wildman–Crippen LogP) is 1.44. The lowest BCUT2D eigenvalue weighted by molar-refractivity contribution is -0.0160. The van der Waals surface area contributed by atoms with Gasteiger partial charge in [-0.3, -0.25) is 9.80 Å². The third-order valence-corrected chi connectivity index (χ3v) is 5.63. The van der Waals surface area contributed by atoms with Gasteiger partial charge in [0.2, 0.25) is 0 Å². The van der Waals surface area contributed by atoms with Crippen molar-refractivity contribution in [3.05, 3.63) is 0 Å². The van der Waals surface area contributed by atoms with Gasteiger partial charge in [0.25, 0.3) is 0 Å². The van der Waals surface area contributed by atoms with Gasteiger partial charge in [-0.25, -0.2) is 0 Å². The fourth-order valence-electron chi connectivity index (χ4n) is 4.36. The summed E-state index contributed by atoms with van der Waals surface area (Å²) in [5.74, 6) is 0. The van der Waals surface area contributed by atoms with Crippen LogP contribution in [0.25, 0.3) is 0 Å². The van der Waals surface area contributed by atoms with Crippen LogP contribution in [0.15, 0.2) is 0 Å². The quantitative estimate of drug-likeness (QED) is 0.828. The topological polar surface area (TPSA) is 41.7 Å². The SMILES string of the molecule is CCOC1CCN(C2(CN)CC(C)N(C3CC3)C2)CC1. The van der Waals surface area contributed by atoms with Crippen LogP contribution in [0.4, 0.5) is 0 Å². The van der Waals surface area contributed by atoms with E-state index < -0.39 is 0 Å². The number of rotatable bonds is 5. The summed E-state index contributed by atoms with van der Waals surface area (Å²) >= 11 is 0. The minimum absolute atomic E-state index is 0.235. The highest BCUT2D eigenvalue weighted by molar-refractivity contribution is 5.07. The first-order chi connectivity index (χ1) is 9.68. The Balaban J connectivity index is 1.62. The highest BCUT2D eigenvalue weighted by atomic mass is 16.5. The van der Waals surface area contributed by atoms with Crippen LogP contribution >= 0.6 is 0 Å². The van der Waals surface area contributed by atoms with Crippen molar-refractivity contribution in [2.75, 3.05) is 32.8 Å². The number of ether oxygens (including phenoxy) is 1. The van der Waals surface area contributed by atoms with Gasteiger partial charge in [-0.05, 0) is 46.0 Å². The first-order valence-corrected chi connectivity index (χ1v) is 8.51. The van der Waals surface area contributed by atoms with E-state index in [1.54, 1.807) is 0 Å². The lowest BCUT2D eigenvalue weighted by atomic mass is 9.91. The van der Waals surface area contributed by atoms with Gasteiger partial charge in [-0.2, -0.15) is 0 Å². The summed E-state index contributed by atoms with van der Waals surface area (Å²) < 4.78 is 5.78. The minimum atomic E-state index is 0.235. The van der Waals surface area contributed by atoms with E-state index in [0.717, 1.165) is 32.3 Å². The third kappa shape index (κ3) is 2.76. The molecule has 0 amide bonds. The Bertz CT molecular complexity index is 326. The van der Waals surface area contributed by atoms with Crippen molar-refractivity contribution in [2.45, 2.75) is 69.7 Å². The Kier molecular flexibility index (Phi) is 4.37. The summed E-state index contributed by atoms with van der Waals surface area (Å²) in [6.07, 6.45) is 6.87. The van der Waals surface area contributed by atoms with E-state index in [0.29, 0.717) is 12.1 Å². The zero-order chi connectivity index (χ0) is 14.2. The molecule has 0 aromatic heterocycles. The summed E-state index contributed by atoms with van der Waals surface area (Å²) in [6, 6.07) is 1.56. The van der Waals surface area contributed by atoms with E-state index in [-0.39, 0.29) is 5.54 Å². The number of nitrogens with two attached hydrogens (primary N) is 1. The number of nitrogens with zero attached hydrogens (tertiary/aromatic N) is 2. The van der Waals surface area contributed by atoms with Crippen LogP contribution in [-0.4, -0.2) is 66.3 Å². The van der Waals surface area contributed by atoms with Gasteiger partial charge in [-0.15, -0.1) is 0 Å². The fraction of sp³-hybridized carbons (Fsp3) is 1.00. The van der Waals surface area contributed by atoms with Gasteiger partial charge in [0.1, 0.15) is 0 Å². The van der Waals surface area contributed by atoms with Crippen molar-refractivity contribution in [1.82, 2.24) is 9.80 Å². The minimum Gasteiger partial charge on any atom is -0.378 e. The van der Waals surface area contributed by atoms with Gasteiger partial charge in [-0.1, -0.05) is 0 Å². The molecule has 0 aromatic carbocycles. The van der Waals surface area contributed by atoms with E-state index in [1.807, 2.05) is 0 Å². The molecule has 1 aliphatic carbocycles. The number of hydrogen-bond donors (Lipinski definition) is 1. The molecular formula is C16H31N3O. The third-order valence-electron chi connectivity index (χ3n) is 5.63. The maximum atomic E-state index is 6.24. The van der Waals surface area contributed by atoms with E-state index in [1.165, 1.54) is 38.6 Å². The standard InChI is InChI=1S/C16H31N3O/c1-3-20-15-6-8-18(9-7-15)16(11-17)10-13(2)19(12-16)14-4-5-14/h13-15H,3-12,17H2,1-2H3. The second-order valence-electron chi connectivity index (χ2n) is 7.03. The molecule has 0 aromatic rings. The summed E-state index contributed by atoms with van der Waals surface area (Å²) in [4.78, 5) is 5.41. The van der Waals surface area contributed by atoms with Gasteiger partial charge < -0.3 is 10.5 Å². The Labute approximate surface area is 123 Å². The van der Waals surface area contributed by atoms with Crippen LogP contribution in [0.1, 0.15) is 46.0 Å². The van der Waals surface area contributed by atoms with E-state index >= 15 is 0 Å². The maximum absolute atomic E-state index is 6.24. The molecule has 0 bridgehead atoms. The molecule has 2 saturated heterocycles. The van der Waals surface area contributed by atoms with Crippen molar-refractivity contribution in [3.63, 3.8) is 0 Å². The molecule has 1 saturated carbocycles. The van der Waals surface area contributed by atoms with Crippen molar-refractivity contribution in [2.24, 2.45) is 5.73 Å². The fourth-order valence-corrected chi connectivity index (χ4v) is 4.36. The van der Waals surface area contributed by atoms with Crippen LogP contribution in [0.3, 0.4) is 0 Å². The Morgan fingerprint density at radius 1 is 1.20 bits per heavy atom. The number of likely N-dealkylation sites (tertiary alicyclic amines) is 2. The van der Waals surface area contributed by atoms with Crippen molar-refractivity contribution in [1.29, 1.82) is 0 Å². The molecule has 3 rings (SSSR count). The molecule has 2 unspecified atom stereocenters. The summed E-state index contributed by atoms with van der Waals surface area (Å²) in [5.41, 5.74) is 6.47. The molecule has 3 aliphatic rings. The molecule has 4 nitrogen and oxygen atoms in total. The first kappa shape index (κ1) is 14.8. The zero-order valence-electron chi connectivity index (χ0n) is 13.2. The molecule has 2 aliphatic heterocycles. The smallest absolute Gasteiger partial charge is 0.0599 e. The monoisotopic (exact) mass is 281 g/mol. The normalized spacial score (nSPS) is 37.6. The van der Waals surface area contributed by atoms with Crippen molar-refractivity contribution >= 4 is 0 Å². The van der Waals surface area contributed by atoms with Crippen LogP contribution in [-0.2, 0) is 4.74 Å². The average Bonchev–Trinajstić information content (AvgIpc) is 3.24. The lowest BCUT2D eigenvalue weighted by Gasteiger charge is -2.44. The first-order valence-electron chi connectivity index (χ1n) is 8.51. The molecule has 0 spiro atoms. The highest BCUT2D eigenvalue weighted by Gasteiger charge is 2.49. The second-order valence-corrected chi connectivity index (χ2v) is 7.03. The molecule has 2 atom stereocenters. The summed E-state index contributed by atoms with van der Waals surface area (Å²) in [6.45, 7) is 9.65. The Morgan fingerprint density at radius 3 is 2.45 bits per heavy atom. The van der Waals surface area contributed by atoms with Crippen LogP contribution in [0.5, 0.6) is 0 Å². The van der Waals surface area contributed by atoms with Gasteiger partial charge in [0.05, 0.1) is 6.10 Å². The molecule has 4 heteroatoms. The molecule has 0 radical (unpaired) electrons. The van der Waals surface area contributed by atoms with E-state index in [4.69, 9.17) is 10.5 Å². The zero-order valence-corrected chi connectivity index (χ0v) is 13.2. The van der Waals surface area contributed by atoms with Gasteiger partial charge >= 0.3 is 0 Å². The molecule has 20 heavy (non-hydrogen) atoms. The second kappa shape index (κ2) is 5.91. The number of piperidine rings is 1. The molecule has 2 N–H and O–H groups in total. The van der Waals surface area contributed by atoms with Crippen LogP contribution < -0.4 is 5.73 Å². The Hall–Kier alpha value is -0.160. The molecule has 116 valence electrons. The predicted molar refractivity (Wildman–Crippen MR) is 81.8 cm³/mol. The average molecular weight is 281 g/mol. The highest BCUT2D eigenvalue weighted by Crippen LogP contribution is 2.40.